The van der Waals surface area contributed by atoms with Crippen LogP contribution in [0.5, 0.6) is 0 Å². The first-order valence-electron chi connectivity index (χ1n) is 7.22. The second-order valence-electron chi connectivity index (χ2n) is 5.90. The minimum absolute atomic E-state index is 0.671. The first-order valence-corrected chi connectivity index (χ1v) is 7.22. The third-order valence-corrected chi connectivity index (χ3v) is 4.96. The van der Waals surface area contributed by atoms with Crippen LogP contribution < -0.4 is 5.73 Å². The van der Waals surface area contributed by atoms with E-state index in [0.29, 0.717) is 6.04 Å². The number of hydrogen-bond donors (Lipinski definition) is 1. The van der Waals surface area contributed by atoms with E-state index in [-0.39, 0.29) is 0 Å². The lowest BCUT2D eigenvalue weighted by molar-refractivity contribution is 0.0561. The zero-order chi connectivity index (χ0) is 11.5. The summed E-state index contributed by atoms with van der Waals surface area (Å²) in [6.07, 6.45) is 8.35. The molecule has 1 aliphatic heterocycles. The van der Waals surface area contributed by atoms with Crippen LogP contribution >= 0.6 is 0 Å². The Morgan fingerprint density at radius 2 is 2.06 bits per heavy atom. The van der Waals surface area contributed by atoms with Crippen LogP contribution in [0.25, 0.3) is 0 Å². The van der Waals surface area contributed by atoms with Gasteiger partial charge in [-0.25, -0.2) is 0 Å². The molecule has 0 aromatic rings. The fourth-order valence-corrected chi connectivity index (χ4v) is 3.81. The quantitative estimate of drug-likeness (QED) is 0.798. The molecule has 0 aromatic heterocycles. The van der Waals surface area contributed by atoms with Crippen LogP contribution in [0.3, 0.4) is 0 Å². The largest absolute Gasteiger partial charge is 0.329 e. The molecule has 4 unspecified atom stereocenters. The molecule has 2 nitrogen and oxygen atoms in total. The van der Waals surface area contributed by atoms with E-state index in [1.807, 2.05) is 0 Å². The maximum Gasteiger partial charge on any atom is 0.0224 e. The highest BCUT2D eigenvalue weighted by Gasteiger charge is 2.35. The highest BCUT2D eigenvalue weighted by atomic mass is 15.2. The predicted molar refractivity (Wildman–Crippen MR) is 69.4 cm³/mol. The lowest BCUT2D eigenvalue weighted by Crippen LogP contribution is -2.52. The maximum atomic E-state index is 5.98. The first-order chi connectivity index (χ1) is 7.76. The van der Waals surface area contributed by atoms with Crippen LogP contribution in [0.1, 0.15) is 52.4 Å². The monoisotopic (exact) mass is 224 g/mol. The minimum atomic E-state index is 0.671. The molecule has 0 radical (unpaired) electrons. The number of likely N-dealkylation sites (tertiary alicyclic amines) is 1. The Balaban J connectivity index is 1.98. The standard InChI is InChI=1S/C14H28N2/c1-3-12-7-8-16(13(9-12)10-15)14-6-4-5-11(14)2/h11-14H,3-10,15H2,1-2H3. The summed E-state index contributed by atoms with van der Waals surface area (Å²) in [6, 6.07) is 1.51. The average Bonchev–Trinajstić information content (AvgIpc) is 2.74. The smallest absolute Gasteiger partial charge is 0.0224 e. The molecule has 1 heterocycles. The topological polar surface area (TPSA) is 29.3 Å². The van der Waals surface area contributed by atoms with Gasteiger partial charge in [0.1, 0.15) is 0 Å². The van der Waals surface area contributed by atoms with Crippen LogP contribution in [0.15, 0.2) is 0 Å². The number of rotatable bonds is 3. The highest BCUT2D eigenvalue weighted by Crippen LogP contribution is 2.35. The molecule has 94 valence electrons. The SMILES string of the molecule is CCC1CCN(C2CCCC2C)C(CN)C1. The van der Waals surface area contributed by atoms with Gasteiger partial charge in [-0.05, 0) is 44.1 Å². The summed E-state index contributed by atoms with van der Waals surface area (Å²) in [4.78, 5) is 2.75. The predicted octanol–water partition coefficient (Wildman–Crippen LogP) is 2.62. The lowest BCUT2D eigenvalue weighted by atomic mass is 9.86. The fourth-order valence-electron chi connectivity index (χ4n) is 3.81. The molecule has 1 saturated heterocycles. The van der Waals surface area contributed by atoms with Crippen molar-refractivity contribution >= 4 is 0 Å². The van der Waals surface area contributed by atoms with Gasteiger partial charge in [0, 0.05) is 18.6 Å². The second-order valence-corrected chi connectivity index (χ2v) is 5.90. The summed E-state index contributed by atoms with van der Waals surface area (Å²) in [6.45, 7) is 6.92. The van der Waals surface area contributed by atoms with Crippen molar-refractivity contribution in [2.24, 2.45) is 17.6 Å². The van der Waals surface area contributed by atoms with Gasteiger partial charge in [0.15, 0.2) is 0 Å². The molecule has 2 aliphatic rings. The normalized spacial score (nSPS) is 41.4. The van der Waals surface area contributed by atoms with Crippen LogP contribution in [0.4, 0.5) is 0 Å². The Labute approximate surface area is 101 Å². The van der Waals surface area contributed by atoms with Crippen molar-refractivity contribution in [2.75, 3.05) is 13.1 Å². The molecule has 16 heavy (non-hydrogen) atoms. The third-order valence-electron chi connectivity index (χ3n) is 4.96. The van der Waals surface area contributed by atoms with Crippen molar-refractivity contribution in [3.63, 3.8) is 0 Å². The van der Waals surface area contributed by atoms with E-state index >= 15 is 0 Å². The van der Waals surface area contributed by atoms with Crippen molar-refractivity contribution in [3.05, 3.63) is 0 Å². The molecular weight excluding hydrogens is 196 g/mol. The number of piperidine rings is 1. The summed E-state index contributed by atoms with van der Waals surface area (Å²) < 4.78 is 0. The molecule has 0 amide bonds. The molecule has 0 bridgehead atoms. The van der Waals surface area contributed by atoms with E-state index in [9.17, 15) is 0 Å². The van der Waals surface area contributed by atoms with E-state index in [1.165, 1.54) is 45.1 Å². The van der Waals surface area contributed by atoms with Crippen molar-refractivity contribution in [1.82, 2.24) is 4.90 Å². The lowest BCUT2D eigenvalue weighted by Gasteiger charge is -2.43. The Morgan fingerprint density at radius 3 is 2.62 bits per heavy atom. The summed E-state index contributed by atoms with van der Waals surface area (Å²) in [5, 5.41) is 0. The van der Waals surface area contributed by atoms with Gasteiger partial charge < -0.3 is 5.73 Å². The molecule has 0 aromatic carbocycles. The number of nitrogens with two attached hydrogens (primary N) is 1. The third kappa shape index (κ3) is 2.43. The highest BCUT2D eigenvalue weighted by molar-refractivity contribution is 4.91. The molecule has 4 atom stereocenters. The van der Waals surface area contributed by atoms with Gasteiger partial charge >= 0.3 is 0 Å². The summed E-state index contributed by atoms with van der Waals surface area (Å²) >= 11 is 0. The minimum Gasteiger partial charge on any atom is -0.329 e. The molecule has 2 fully saturated rings. The molecule has 2 heteroatoms. The van der Waals surface area contributed by atoms with Gasteiger partial charge in [-0.3, -0.25) is 4.90 Å². The number of hydrogen-bond acceptors (Lipinski definition) is 2. The Bertz CT molecular complexity index is 217. The molecule has 1 aliphatic carbocycles. The average molecular weight is 224 g/mol. The van der Waals surface area contributed by atoms with Gasteiger partial charge in [-0.15, -0.1) is 0 Å². The Hall–Kier alpha value is -0.0800. The summed E-state index contributed by atoms with van der Waals surface area (Å²) in [5.74, 6) is 1.83. The zero-order valence-corrected chi connectivity index (χ0v) is 11.0. The van der Waals surface area contributed by atoms with Gasteiger partial charge in [-0.1, -0.05) is 26.7 Å². The zero-order valence-electron chi connectivity index (χ0n) is 11.0. The molecule has 1 saturated carbocycles. The van der Waals surface area contributed by atoms with Gasteiger partial charge in [0.25, 0.3) is 0 Å². The summed E-state index contributed by atoms with van der Waals surface area (Å²) in [7, 11) is 0. The molecule has 2 N–H and O–H groups in total. The van der Waals surface area contributed by atoms with E-state index in [2.05, 4.69) is 18.7 Å². The van der Waals surface area contributed by atoms with Gasteiger partial charge in [0.05, 0.1) is 0 Å². The summed E-state index contributed by atoms with van der Waals surface area (Å²) in [5.41, 5.74) is 5.98. The molecular formula is C14H28N2. The maximum absolute atomic E-state index is 5.98. The van der Waals surface area contributed by atoms with Gasteiger partial charge in [0.2, 0.25) is 0 Å². The second kappa shape index (κ2) is 5.50. The Kier molecular flexibility index (Phi) is 4.26. The van der Waals surface area contributed by atoms with E-state index in [4.69, 9.17) is 5.73 Å². The van der Waals surface area contributed by atoms with Crippen molar-refractivity contribution in [3.8, 4) is 0 Å². The van der Waals surface area contributed by atoms with Crippen molar-refractivity contribution in [2.45, 2.75) is 64.5 Å². The first kappa shape index (κ1) is 12.4. The van der Waals surface area contributed by atoms with Gasteiger partial charge in [-0.2, -0.15) is 0 Å². The van der Waals surface area contributed by atoms with Crippen LogP contribution in [0, 0.1) is 11.8 Å². The fraction of sp³-hybridized carbons (Fsp3) is 1.00. The number of nitrogens with zero attached hydrogens (tertiary/aromatic N) is 1. The van der Waals surface area contributed by atoms with E-state index in [0.717, 1.165) is 24.4 Å². The van der Waals surface area contributed by atoms with E-state index < -0.39 is 0 Å². The van der Waals surface area contributed by atoms with Crippen LogP contribution in [-0.4, -0.2) is 30.1 Å². The van der Waals surface area contributed by atoms with E-state index in [1.54, 1.807) is 0 Å². The van der Waals surface area contributed by atoms with Crippen molar-refractivity contribution < 1.29 is 0 Å². The molecule has 2 rings (SSSR count). The molecule has 0 spiro atoms. The van der Waals surface area contributed by atoms with Crippen LogP contribution in [0.2, 0.25) is 0 Å². The van der Waals surface area contributed by atoms with Crippen LogP contribution in [-0.2, 0) is 0 Å². The van der Waals surface area contributed by atoms with Crippen molar-refractivity contribution in [1.29, 1.82) is 0 Å². The Morgan fingerprint density at radius 1 is 1.25 bits per heavy atom.